The third-order valence-electron chi connectivity index (χ3n) is 4.12. The molecule has 0 heterocycles. The fourth-order valence-corrected chi connectivity index (χ4v) is 4.15. The molecule has 0 saturated carbocycles. The predicted octanol–water partition coefficient (Wildman–Crippen LogP) is 4.87. The highest BCUT2D eigenvalue weighted by Gasteiger charge is 2.16. The first-order chi connectivity index (χ1) is 13.7. The molecule has 2 N–H and O–H groups in total. The van der Waals surface area contributed by atoms with Gasteiger partial charge in [0.2, 0.25) is 15.9 Å². The average Bonchev–Trinajstić information content (AvgIpc) is 2.66. The minimum atomic E-state index is -3.57. The summed E-state index contributed by atoms with van der Waals surface area (Å²) in [4.78, 5) is 12.2. The van der Waals surface area contributed by atoms with E-state index in [1.807, 2.05) is 6.92 Å². The van der Waals surface area contributed by atoms with Crippen molar-refractivity contribution in [2.45, 2.75) is 44.0 Å². The Morgan fingerprint density at radius 3 is 2.45 bits per heavy atom. The van der Waals surface area contributed by atoms with Crippen LogP contribution >= 0.6 is 23.2 Å². The number of anilines is 1. The molecule has 2 aromatic carbocycles. The Morgan fingerprint density at radius 1 is 1.14 bits per heavy atom. The van der Waals surface area contributed by atoms with Gasteiger partial charge in [0.1, 0.15) is 5.75 Å². The molecule has 6 nitrogen and oxygen atoms in total. The van der Waals surface area contributed by atoms with Gasteiger partial charge in [-0.3, -0.25) is 4.79 Å². The lowest BCUT2D eigenvalue weighted by atomic mass is 10.2. The summed E-state index contributed by atoms with van der Waals surface area (Å²) in [6.07, 6.45) is 1.44. The van der Waals surface area contributed by atoms with Gasteiger partial charge >= 0.3 is 0 Å². The Balaban J connectivity index is 1.80. The van der Waals surface area contributed by atoms with Gasteiger partial charge in [-0.15, -0.1) is 0 Å². The number of nitrogens with one attached hydrogen (secondary N) is 2. The lowest BCUT2D eigenvalue weighted by Gasteiger charge is -2.12. The van der Waals surface area contributed by atoms with E-state index in [2.05, 4.69) is 10.0 Å². The molecule has 2 rings (SSSR count). The van der Waals surface area contributed by atoms with Crippen LogP contribution in [0.5, 0.6) is 5.75 Å². The molecule has 0 bridgehead atoms. The zero-order valence-electron chi connectivity index (χ0n) is 16.2. The average molecular weight is 459 g/mol. The molecule has 0 aliphatic heterocycles. The van der Waals surface area contributed by atoms with Gasteiger partial charge in [-0.25, -0.2) is 13.1 Å². The fraction of sp³-hybridized carbons (Fsp3) is 0.350. The Kier molecular flexibility index (Phi) is 8.77. The standard InChI is InChI=1S/C20H24Cl2N2O4S/c1-3-14(2)24-29(26,27)17-9-7-16(8-10-17)23-20(25)5-4-12-28-19-11-6-15(21)13-18(19)22/h6-11,13-14,24H,3-5,12H2,1-2H3,(H,23,25). The summed E-state index contributed by atoms with van der Waals surface area (Å²) in [5.74, 6) is 0.323. The topological polar surface area (TPSA) is 84.5 Å². The molecule has 1 atom stereocenters. The summed E-state index contributed by atoms with van der Waals surface area (Å²) >= 11 is 11.9. The van der Waals surface area contributed by atoms with Crippen LogP contribution in [-0.4, -0.2) is 27.0 Å². The number of carbonyl (C=O) groups excluding carboxylic acids is 1. The van der Waals surface area contributed by atoms with Crippen molar-refractivity contribution in [1.82, 2.24) is 4.72 Å². The maximum atomic E-state index is 12.2. The van der Waals surface area contributed by atoms with Crippen LogP contribution in [0.25, 0.3) is 0 Å². The molecule has 1 unspecified atom stereocenters. The summed E-state index contributed by atoms with van der Waals surface area (Å²) in [5.41, 5.74) is 0.527. The number of ether oxygens (including phenoxy) is 1. The summed E-state index contributed by atoms with van der Waals surface area (Å²) < 4.78 is 32.6. The van der Waals surface area contributed by atoms with E-state index in [4.69, 9.17) is 27.9 Å². The first-order valence-electron chi connectivity index (χ1n) is 9.21. The SMILES string of the molecule is CCC(C)NS(=O)(=O)c1ccc(NC(=O)CCCOc2ccc(Cl)cc2Cl)cc1. The molecule has 1 amide bonds. The molecule has 0 aromatic heterocycles. The monoisotopic (exact) mass is 458 g/mol. The first kappa shape index (κ1) is 23.5. The number of hydrogen-bond donors (Lipinski definition) is 2. The van der Waals surface area contributed by atoms with Crippen LogP contribution in [0.2, 0.25) is 10.0 Å². The molecular formula is C20H24Cl2N2O4S. The number of rotatable bonds is 10. The van der Waals surface area contributed by atoms with Gasteiger partial charge in [0.15, 0.2) is 0 Å². The Bertz CT molecular complexity index is 934. The van der Waals surface area contributed by atoms with Gasteiger partial charge in [-0.05, 0) is 62.2 Å². The minimum Gasteiger partial charge on any atom is -0.492 e. The third kappa shape index (κ3) is 7.51. The van der Waals surface area contributed by atoms with Crippen LogP contribution < -0.4 is 14.8 Å². The van der Waals surface area contributed by atoms with Crippen LogP contribution in [0.1, 0.15) is 33.1 Å². The Morgan fingerprint density at radius 2 is 1.83 bits per heavy atom. The van der Waals surface area contributed by atoms with Gasteiger partial charge in [0.25, 0.3) is 0 Å². The highest BCUT2D eigenvalue weighted by Crippen LogP contribution is 2.27. The van der Waals surface area contributed by atoms with Crippen molar-refractivity contribution in [3.8, 4) is 5.75 Å². The number of halogens is 2. The molecule has 0 saturated heterocycles. The van der Waals surface area contributed by atoms with Crippen LogP contribution in [0.4, 0.5) is 5.69 Å². The smallest absolute Gasteiger partial charge is 0.240 e. The molecule has 0 spiro atoms. The zero-order valence-corrected chi connectivity index (χ0v) is 18.6. The molecule has 2 aromatic rings. The largest absolute Gasteiger partial charge is 0.492 e. The normalized spacial score (nSPS) is 12.4. The third-order valence-corrected chi connectivity index (χ3v) is 6.25. The van der Waals surface area contributed by atoms with Crippen LogP contribution in [0.15, 0.2) is 47.4 Å². The second kappa shape index (κ2) is 10.8. The van der Waals surface area contributed by atoms with Gasteiger partial charge in [0, 0.05) is 23.2 Å². The fourth-order valence-electron chi connectivity index (χ4n) is 2.36. The van der Waals surface area contributed by atoms with Crippen molar-refractivity contribution >= 4 is 44.8 Å². The second-order valence-electron chi connectivity index (χ2n) is 6.53. The number of hydrogen-bond acceptors (Lipinski definition) is 4. The van der Waals surface area contributed by atoms with Crippen molar-refractivity contribution in [1.29, 1.82) is 0 Å². The van der Waals surface area contributed by atoms with E-state index in [0.717, 1.165) is 0 Å². The summed E-state index contributed by atoms with van der Waals surface area (Å²) in [7, 11) is -3.57. The van der Waals surface area contributed by atoms with Crippen molar-refractivity contribution in [3.63, 3.8) is 0 Å². The van der Waals surface area contributed by atoms with Gasteiger partial charge < -0.3 is 10.1 Å². The molecule has 29 heavy (non-hydrogen) atoms. The molecule has 0 aliphatic rings. The highest BCUT2D eigenvalue weighted by atomic mass is 35.5. The molecule has 158 valence electrons. The van der Waals surface area contributed by atoms with Crippen LogP contribution in [-0.2, 0) is 14.8 Å². The van der Waals surface area contributed by atoms with E-state index in [-0.39, 0.29) is 23.3 Å². The van der Waals surface area contributed by atoms with E-state index >= 15 is 0 Å². The van der Waals surface area contributed by atoms with Crippen LogP contribution in [0, 0.1) is 0 Å². The molecule has 0 aliphatic carbocycles. The number of amides is 1. The maximum absolute atomic E-state index is 12.2. The molecule has 0 fully saturated rings. The van der Waals surface area contributed by atoms with E-state index in [1.165, 1.54) is 12.1 Å². The summed E-state index contributed by atoms with van der Waals surface area (Å²) in [6, 6.07) is 10.9. The lowest BCUT2D eigenvalue weighted by Crippen LogP contribution is -2.31. The van der Waals surface area contributed by atoms with E-state index in [1.54, 1.807) is 37.3 Å². The maximum Gasteiger partial charge on any atom is 0.240 e. The van der Waals surface area contributed by atoms with Gasteiger partial charge in [-0.1, -0.05) is 30.1 Å². The second-order valence-corrected chi connectivity index (χ2v) is 9.09. The number of sulfonamides is 1. The van der Waals surface area contributed by atoms with Gasteiger partial charge in [0.05, 0.1) is 16.5 Å². The number of benzene rings is 2. The van der Waals surface area contributed by atoms with Gasteiger partial charge in [-0.2, -0.15) is 0 Å². The predicted molar refractivity (Wildman–Crippen MR) is 116 cm³/mol. The van der Waals surface area contributed by atoms with E-state index in [9.17, 15) is 13.2 Å². The van der Waals surface area contributed by atoms with Crippen molar-refractivity contribution in [2.24, 2.45) is 0 Å². The Hall–Kier alpha value is -1.80. The molecule has 0 radical (unpaired) electrons. The Labute approximate surface area is 181 Å². The number of carbonyl (C=O) groups is 1. The van der Waals surface area contributed by atoms with Crippen molar-refractivity contribution in [3.05, 3.63) is 52.5 Å². The van der Waals surface area contributed by atoms with E-state index < -0.39 is 10.0 Å². The minimum absolute atomic E-state index is 0.149. The summed E-state index contributed by atoms with van der Waals surface area (Å²) in [6.45, 7) is 4.03. The first-order valence-corrected chi connectivity index (χ1v) is 11.4. The van der Waals surface area contributed by atoms with Crippen LogP contribution in [0.3, 0.4) is 0 Å². The molecular weight excluding hydrogens is 435 g/mol. The zero-order chi connectivity index (χ0) is 21.4. The summed E-state index contributed by atoms with van der Waals surface area (Å²) in [5, 5.41) is 3.68. The van der Waals surface area contributed by atoms with E-state index in [0.29, 0.717) is 40.9 Å². The van der Waals surface area contributed by atoms with Crippen molar-refractivity contribution in [2.75, 3.05) is 11.9 Å². The molecule has 9 heteroatoms. The van der Waals surface area contributed by atoms with Crippen molar-refractivity contribution < 1.29 is 17.9 Å². The quantitative estimate of drug-likeness (QED) is 0.497. The lowest BCUT2D eigenvalue weighted by molar-refractivity contribution is -0.116. The highest BCUT2D eigenvalue weighted by molar-refractivity contribution is 7.89.